The minimum Gasteiger partial charge on any atom is 0 e. The summed E-state index contributed by atoms with van der Waals surface area (Å²) in [5, 5.41) is 0. The van der Waals surface area contributed by atoms with Crippen molar-refractivity contribution in [1.29, 1.82) is 0 Å². The van der Waals surface area contributed by atoms with Crippen LogP contribution in [-0.4, -0.2) is 0 Å². The van der Waals surface area contributed by atoms with Crippen LogP contribution in [0.4, 0.5) is 25.2 Å². The topological polar surface area (TPSA) is 0 Å². The van der Waals surface area contributed by atoms with Gasteiger partial charge in [0.1, 0.15) is 0 Å². The first-order valence-corrected chi connectivity index (χ1v) is 11.4. The third-order valence-corrected chi connectivity index (χ3v) is 6.42. The molecule has 0 nitrogen and oxygen atoms in total. The quantitative estimate of drug-likeness (QED) is 0.161. The van der Waals surface area contributed by atoms with Gasteiger partial charge < -0.3 is 0 Å². The average molecular weight is 546 g/mol. The van der Waals surface area contributed by atoms with E-state index in [1.54, 1.807) is 0 Å². The average Bonchev–Trinajstić information content (AvgIpc) is 2.72. The van der Waals surface area contributed by atoms with Crippen LogP contribution in [0, 0.1) is 65.1 Å². The fourth-order valence-electron chi connectivity index (χ4n) is 3.25. The van der Waals surface area contributed by atoms with E-state index in [9.17, 15) is 25.2 Å². The molecule has 0 spiro atoms. The maximum Gasteiger partial charge on any atom is 0 e. The van der Waals surface area contributed by atoms with Gasteiger partial charge in [0.15, 0.2) is 0 Å². The van der Waals surface area contributed by atoms with Crippen molar-refractivity contribution in [2.45, 2.75) is 76.2 Å². The van der Waals surface area contributed by atoms with E-state index in [4.69, 9.17) is 0 Å². The smallest absolute Gasteiger partial charge is 0 e. The first-order chi connectivity index (χ1) is 12.5. The van der Waals surface area contributed by atoms with Crippen molar-refractivity contribution in [2.24, 2.45) is 5.92 Å². The monoisotopic (exact) mass is 546 g/mol. The molecule has 0 unspecified atom stereocenters. The molecule has 0 aromatic heterocycles. The van der Waals surface area contributed by atoms with Crippen molar-refractivity contribution >= 4 is 7.81 Å². The molecule has 2 fully saturated rings. The minimum absolute atomic E-state index is 0. The van der Waals surface area contributed by atoms with E-state index in [0.717, 1.165) is 0 Å². The molecule has 0 bridgehead atoms. The number of hydrogen-bond donors (Lipinski definition) is 0. The van der Waals surface area contributed by atoms with Crippen LogP contribution < -0.4 is 0 Å². The molecular weight excluding hydrogens is 512 g/mol. The van der Waals surface area contributed by atoms with E-state index < -0.39 is 7.81 Å². The van der Waals surface area contributed by atoms with Gasteiger partial charge in [0.25, 0.3) is 0 Å². The summed E-state index contributed by atoms with van der Waals surface area (Å²) in [6, 6.07) is 0. The van der Waals surface area contributed by atoms with Gasteiger partial charge in [-0.15, -0.1) is 0 Å². The molecule has 0 aromatic carbocycles. The number of halogens is 6. The molecule has 0 N–H and O–H groups in total. The number of rotatable bonds is 0. The first kappa shape index (κ1) is 32.8. The summed E-state index contributed by atoms with van der Waals surface area (Å²) in [6.07, 6.45) is 0. The summed E-state index contributed by atoms with van der Waals surface area (Å²) >= 11 is 0. The second-order valence-corrected chi connectivity index (χ2v) is 9.96. The van der Waals surface area contributed by atoms with Crippen LogP contribution >= 0.6 is 7.81 Å². The van der Waals surface area contributed by atoms with Gasteiger partial charge in [-0.05, 0) is 65.1 Å². The molecule has 0 atom stereocenters. The Hall–Kier alpha value is 0.633. The van der Waals surface area contributed by atoms with Gasteiger partial charge >= 0.3 is 33.0 Å². The Kier molecular flexibility index (Phi) is 11.2. The molecule has 2 rings (SSSR count). The van der Waals surface area contributed by atoms with Crippen LogP contribution in [0.25, 0.3) is 0 Å². The molecule has 8 heteroatoms. The van der Waals surface area contributed by atoms with E-state index >= 15 is 0 Å². The van der Waals surface area contributed by atoms with Crippen molar-refractivity contribution in [1.82, 2.24) is 0 Å². The molecule has 2 saturated carbocycles. The maximum atomic E-state index is 9.87. The van der Waals surface area contributed by atoms with Gasteiger partial charge in [-0.1, -0.05) is 76.2 Å². The van der Waals surface area contributed by atoms with Gasteiger partial charge in [0, 0.05) is 19.5 Å². The predicted octanol–water partition coefficient (Wildman–Crippen LogP) is 9.96. The summed E-state index contributed by atoms with van der Waals surface area (Å²) in [7, 11) is -10.7. The van der Waals surface area contributed by atoms with E-state index in [-0.39, 0.29) is 19.5 Å². The molecule has 0 saturated heterocycles. The Labute approximate surface area is 193 Å². The van der Waals surface area contributed by atoms with E-state index in [1.165, 1.54) is 59.2 Å². The van der Waals surface area contributed by atoms with E-state index in [2.05, 4.69) is 76.2 Å². The Balaban J connectivity index is 0. The Morgan fingerprint density at radius 2 is 0.567 bits per heavy atom. The Morgan fingerprint density at radius 3 is 0.733 bits per heavy atom. The van der Waals surface area contributed by atoms with Crippen molar-refractivity contribution in [3.05, 3.63) is 59.2 Å². The Bertz CT molecular complexity index is 408. The van der Waals surface area contributed by atoms with Gasteiger partial charge in [0.2, 0.25) is 0 Å². The third kappa shape index (κ3) is 11.0. The van der Waals surface area contributed by atoms with Crippen LogP contribution in [-0.2, 0) is 19.5 Å². The molecule has 2 aliphatic carbocycles. The van der Waals surface area contributed by atoms with Crippen LogP contribution in [0.5, 0.6) is 0 Å². The predicted molar refractivity (Wildman–Crippen MR) is 112 cm³/mol. The normalized spacial score (nSPS) is 26.3. The fourth-order valence-corrected chi connectivity index (χ4v) is 3.25. The maximum absolute atomic E-state index is 10.7. The molecule has 179 valence electrons. The van der Waals surface area contributed by atoms with Crippen molar-refractivity contribution < 1.29 is 44.7 Å². The first-order valence-electron chi connectivity index (χ1n) is 9.42. The summed E-state index contributed by atoms with van der Waals surface area (Å²) in [5.74, 6) is 15.5. The fraction of sp³-hybridized carbons (Fsp3) is 0.545. The van der Waals surface area contributed by atoms with Gasteiger partial charge in [-0.3, -0.25) is 0 Å². The van der Waals surface area contributed by atoms with Crippen LogP contribution in [0.1, 0.15) is 76.2 Å². The molecule has 30 heavy (non-hydrogen) atoms. The van der Waals surface area contributed by atoms with Crippen LogP contribution in [0.3, 0.4) is 0 Å². The van der Waals surface area contributed by atoms with E-state index in [0.29, 0.717) is 5.92 Å². The summed E-state index contributed by atoms with van der Waals surface area (Å²) < 4.78 is 59.2. The largest absolute Gasteiger partial charge is 0 e. The third-order valence-electron chi connectivity index (χ3n) is 6.42. The van der Waals surface area contributed by atoms with Crippen molar-refractivity contribution in [3.63, 3.8) is 0 Å². The van der Waals surface area contributed by atoms with E-state index in [1.807, 2.05) is 0 Å². The molecule has 0 aliphatic heterocycles. The van der Waals surface area contributed by atoms with Gasteiger partial charge in [0.05, 0.1) is 0 Å². The van der Waals surface area contributed by atoms with Gasteiger partial charge in [-0.25, -0.2) is 0 Å². The summed E-state index contributed by atoms with van der Waals surface area (Å²) in [5.41, 5.74) is 0. The summed E-state index contributed by atoms with van der Waals surface area (Å²) in [6.45, 7) is 24.5. The Morgan fingerprint density at radius 1 is 0.433 bits per heavy atom. The summed E-state index contributed by atoms with van der Waals surface area (Å²) in [4.78, 5) is 0. The molecule has 0 amide bonds. The second kappa shape index (κ2) is 10.3. The molecule has 11 radical (unpaired) electrons. The zero-order chi connectivity index (χ0) is 23.8. The number of hydrogen-bond acceptors (Lipinski definition) is 0. The zero-order valence-electron chi connectivity index (χ0n) is 19.6. The minimum atomic E-state index is -10.7. The molecule has 0 heterocycles. The van der Waals surface area contributed by atoms with Crippen molar-refractivity contribution in [2.75, 3.05) is 0 Å². The zero-order valence-corrected chi connectivity index (χ0v) is 22.2. The molecule has 0 aromatic rings. The molecule has 2 aliphatic rings. The van der Waals surface area contributed by atoms with Crippen LogP contribution in [0.15, 0.2) is 0 Å². The second-order valence-electron chi connectivity index (χ2n) is 8.05. The molecular formula is C22H34F6PRh-. The standard InChI is InChI=1S/C12H19.C10H15.F6P.Rh/c1-7-8(2)10(4)12(6)11(5)9(7)3;1-6-7(2)9(4)10(5)8(6)3;1-7(2,3,4,5)6;/h7H,1-6H3;1-5H3;;/q;;-1;. The SMILES string of the molecule is C[C]1[C](C)[C](C)C(C)[C](C)[C]1C.C[C]1[C](C)[C](C)[C](C)[C]1C.F[P-](F)(F)(F)(F)F.[Rh]. The van der Waals surface area contributed by atoms with Crippen LogP contribution in [0.2, 0.25) is 0 Å². The van der Waals surface area contributed by atoms with Gasteiger partial charge in [-0.2, -0.15) is 0 Å². The van der Waals surface area contributed by atoms with Crippen molar-refractivity contribution in [3.8, 4) is 0 Å².